The minimum Gasteiger partial charge on any atom is -0.386 e. The Morgan fingerprint density at radius 1 is 1.24 bits per heavy atom. The molecule has 0 spiro atoms. The van der Waals surface area contributed by atoms with Gasteiger partial charge in [0.05, 0.1) is 35.9 Å². The second-order valence-electron chi connectivity index (χ2n) is 8.91. The third-order valence-electron chi connectivity index (χ3n) is 6.62. The number of carbonyl (C=O) groups excluding carboxylic acids is 1. The Labute approximate surface area is 198 Å². The molecule has 12 heteroatoms. The van der Waals surface area contributed by atoms with Crippen LogP contribution in [0.1, 0.15) is 37.7 Å². The highest BCUT2D eigenvalue weighted by molar-refractivity contribution is 7.91. The monoisotopic (exact) mass is 494 g/mol. The molecule has 186 valence electrons. The largest absolute Gasteiger partial charge is 0.386 e. The predicted molar refractivity (Wildman–Crippen MR) is 126 cm³/mol. The lowest BCUT2D eigenvalue weighted by molar-refractivity contribution is -0.384. The third kappa shape index (κ3) is 5.84. The van der Waals surface area contributed by atoms with E-state index in [2.05, 4.69) is 5.16 Å². The van der Waals surface area contributed by atoms with Crippen LogP contribution >= 0.6 is 0 Å². The first-order chi connectivity index (χ1) is 16.3. The molecule has 0 N–H and O–H groups in total. The first-order valence-electron chi connectivity index (χ1n) is 11.6. The Balaban J connectivity index is 1.39. The summed E-state index contributed by atoms with van der Waals surface area (Å²) in [5.41, 5.74) is 0.975. The lowest BCUT2D eigenvalue weighted by Gasteiger charge is -2.33. The quantitative estimate of drug-likeness (QED) is 0.303. The Morgan fingerprint density at radius 2 is 1.97 bits per heavy atom. The fraction of sp³-hybridized carbons (Fsp3) is 0.636. The van der Waals surface area contributed by atoms with Gasteiger partial charge < -0.3 is 19.4 Å². The molecule has 4 rings (SSSR count). The Hall–Kier alpha value is -2.73. The minimum atomic E-state index is -3.12. The highest BCUT2D eigenvalue weighted by atomic mass is 32.2. The van der Waals surface area contributed by atoms with Crippen molar-refractivity contribution >= 4 is 33.3 Å². The van der Waals surface area contributed by atoms with E-state index in [0.717, 1.165) is 25.7 Å². The second-order valence-corrected chi connectivity index (χ2v) is 11.1. The van der Waals surface area contributed by atoms with Crippen molar-refractivity contribution in [3.63, 3.8) is 0 Å². The standard InChI is InChI=1S/C22H30N4O7S/c27-22(25(18-3-1-2-4-18)19-7-12-34(30,31)16-19)15-33-23-14-17-5-6-20(21(13-17)26(28)29)24-8-10-32-11-9-24/h5-6,13-14,18-19H,1-4,7-12,15-16H2/b23-14+. The van der Waals surface area contributed by atoms with E-state index in [4.69, 9.17) is 9.57 Å². The molecule has 0 aromatic heterocycles. The summed E-state index contributed by atoms with van der Waals surface area (Å²) in [4.78, 5) is 32.9. The first kappa shape index (κ1) is 24.4. The zero-order chi connectivity index (χ0) is 24.1. The number of carbonyl (C=O) groups is 1. The van der Waals surface area contributed by atoms with Crippen LogP contribution in [-0.4, -0.2) is 86.9 Å². The van der Waals surface area contributed by atoms with Crippen LogP contribution in [0.2, 0.25) is 0 Å². The van der Waals surface area contributed by atoms with Gasteiger partial charge in [-0.2, -0.15) is 0 Å². The molecule has 3 fully saturated rings. The van der Waals surface area contributed by atoms with E-state index >= 15 is 0 Å². The average molecular weight is 495 g/mol. The molecule has 2 saturated heterocycles. The highest BCUT2D eigenvalue weighted by Crippen LogP contribution is 2.30. The van der Waals surface area contributed by atoms with E-state index in [1.807, 2.05) is 4.90 Å². The summed E-state index contributed by atoms with van der Waals surface area (Å²) in [5.74, 6) is -0.177. The molecule has 2 aliphatic heterocycles. The van der Waals surface area contributed by atoms with Gasteiger partial charge in [0.25, 0.3) is 11.6 Å². The number of ether oxygens (including phenoxy) is 1. The molecule has 34 heavy (non-hydrogen) atoms. The number of hydrogen-bond acceptors (Lipinski definition) is 9. The number of sulfone groups is 1. The molecular weight excluding hydrogens is 464 g/mol. The van der Waals surface area contributed by atoms with Crippen LogP contribution in [-0.2, 0) is 24.2 Å². The summed E-state index contributed by atoms with van der Waals surface area (Å²) in [7, 11) is -3.12. The fourth-order valence-electron chi connectivity index (χ4n) is 4.99. The van der Waals surface area contributed by atoms with Gasteiger partial charge in [0.15, 0.2) is 16.4 Å². The number of hydrogen-bond donors (Lipinski definition) is 0. The number of nitrogens with zero attached hydrogens (tertiary/aromatic N) is 4. The highest BCUT2D eigenvalue weighted by Gasteiger charge is 2.39. The van der Waals surface area contributed by atoms with E-state index in [1.165, 1.54) is 12.3 Å². The summed E-state index contributed by atoms with van der Waals surface area (Å²) in [6, 6.07) is 4.53. The Morgan fingerprint density at radius 3 is 2.62 bits per heavy atom. The molecule has 1 saturated carbocycles. The first-order valence-corrected chi connectivity index (χ1v) is 13.4. The van der Waals surface area contributed by atoms with Gasteiger partial charge >= 0.3 is 0 Å². The van der Waals surface area contributed by atoms with Gasteiger partial charge in [0.1, 0.15) is 5.69 Å². The van der Waals surface area contributed by atoms with Crippen LogP contribution in [0.4, 0.5) is 11.4 Å². The summed E-state index contributed by atoms with van der Waals surface area (Å²) < 4.78 is 29.2. The summed E-state index contributed by atoms with van der Waals surface area (Å²) in [5, 5.41) is 15.4. The number of oxime groups is 1. The SMILES string of the molecule is O=C(CO/N=C/c1ccc(N2CCOCC2)c([N+](=O)[O-])c1)N(C1CCCC1)C1CCS(=O)(=O)C1. The normalized spacial score (nSPS) is 22.8. The molecule has 1 atom stereocenters. The van der Waals surface area contributed by atoms with E-state index in [1.54, 1.807) is 17.0 Å². The van der Waals surface area contributed by atoms with Gasteiger partial charge in [-0.15, -0.1) is 0 Å². The van der Waals surface area contributed by atoms with Crippen LogP contribution in [0.25, 0.3) is 0 Å². The van der Waals surface area contributed by atoms with Gasteiger partial charge in [0, 0.05) is 36.8 Å². The fourth-order valence-corrected chi connectivity index (χ4v) is 6.70. The molecule has 0 radical (unpaired) electrons. The van der Waals surface area contributed by atoms with Crippen LogP contribution < -0.4 is 4.90 Å². The smallest absolute Gasteiger partial charge is 0.293 e. The summed E-state index contributed by atoms with van der Waals surface area (Å²) in [6.45, 7) is 1.90. The molecule has 1 aliphatic carbocycles. The number of amides is 1. The van der Waals surface area contributed by atoms with Gasteiger partial charge in [-0.05, 0) is 25.3 Å². The zero-order valence-corrected chi connectivity index (χ0v) is 19.8. The lowest BCUT2D eigenvalue weighted by Crippen LogP contribution is -2.48. The summed E-state index contributed by atoms with van der Waals surface area (Å²) in [6.07, 6.45) is 5.56. The van der Waals surface area contributed by atoms with Crippen molar-refractivity contribution in [1.29, 1.82) is 0 Å². The van der Waals surface area contributed by atoms with Crippen molar-refractivity contribution in [2.24, 2.45) is 5.16 Å². The lowest BCUT2D eigenvalue weighted by atomic mass is 10.1. The maximum Gasteiger partial charge on any atom is 0.293 e. The number of morpholine rings is 1. The van der Waals surface area contributed by atoms with Crippen molar-refractivity contribution < 1.29 is 27.7 Å². The second kappa shape index (κ2) is 10.7. The van der Waals surface area contributed by atoms with Gasteiger partial charge in [-0.3, -0.25) is 14.9 Å². The zero-order valence-electron chi connectivity index (χ0n) is 19.0. The van der Waals surface area contributed by atoms with Gasteiger partial charge in [0.2, 0.25) is 0 Å². The minimum absolute atomic E-state index is 0.00231. The Kier molecular flexibility index (Phi) is 7.67. The van der Waals surface area contributed by atoms with Crippen LogP contribution in [0.5, 0.6) is 0 Å². The van der Waals surface area contributed by atoms with E-state index in [9.17, 15) is 23.3 Å². The van der Waals surface area contributed by atoms with E-state index in [-0.39, 0.29) is 41.8 Å². The molecule has 1 aromatic carbocycles. The molecular formula is C22H30N4O7S. The molecule has 1 unspecified atom stereocenters. The molecule has 1 aromatic rings. The third-order valence-corrected chi connectivity index (χ3v) is 8.37. The van der Waals surface area contributed by atoms with E-state index < -0.39 is 14.8 Å². The van der Waals surface area contributed by atoms with Crippen molar-refractivity contribution in [3.8, 4) is 0 Å². The van der Waals surface area contributed by atoms with Gasteiger partial charge in [-0.1, -0.05) is 24.1 Å². The topological polar surface area (TPSA) is 132 Å². The maximum absolute atomic E-state index is 12.9. The number of anilines is 1. The molecule has 2 heterocycles. The average Bonchev–Trinajstić information content (AvgIpc) is 3.47. The molecule has 11 nitrogen and oxygen atoms in total. The molecule has 0 bridgehead atoms. The van der Waals surface area contributed by atoms with Crippen LogP contribution in [0.3, 0.4) is 0 Å². The number of nitro benzene ring substituents is 1. The number of nitro groups is 1. The van der Waals surface area contributed by atoms with E-state index in [0.29, 0.717) is 44.0 Å². The van der Waals surface area contributed by atoms with Crippen molar-refractivity contribution in [2.75, 3.05) is 49.3 Å². The van der Waals surface area contributed by atoms with Crippen molar-refractivity contribution in [2.45, 2.75) is 44.2 Å². The maximum atomic E-state index is 12.9. The van der Waals surface area contributed by atoms with Gasteiger partial charge in [-0.25, -0.2) is 8.42 Å². The van der Waals surface area contributed by atoms with Crippen molar-refractivity contribution in [1.82, 2.24) is 4.90 Å². The van der Waals surface area contributed by atoms with Crippen LogP contribution in [0, 0.1) is 10.1 Å². The van der Waals surface area contributed by atoms with Crippen molar-refractivity contribution in [3.05, 3.63) is 33.9 Å². The van der Waals surface area contributed by atoms with Crippen LogP contribution in [0.15, 0.2) is 23.4 Å². The molecule has 3 aliphatic rings. The number of benzene rings is 1. The summed E-state index contributed by atoms with van der Waals surface area (Å²) >= 11 is 0. The Bertz CT molecular complexity index is 1030. The molecule has 1 amide bonds. The number of rotatable bonds is 8. The predicted octanol–water partition coefficient (Wildman–Crippen LogP) is 1.74.